The normalized spacial score (nSPS) is 16.3. The predicted molar refractivity (Wildman–Crippen MR) is 92.6 cm³/mol. The number of pyridine rings is 1. The van der Waals surface area contributed by atoms with Crippen molar-refractivity contribution in [3.05, 3.63) is 42.6 Å². The lowest BCUT2D eigenvalue weighted by molar-refractivity contribution is 0.312. The van der Waals surface area contributed by atoms with Crippen molar-refractivity contribution in [3.8, 4) is 10.6 Å². The molecule has 3 aromatic rings. The minimum Gasteiger partial charge on any atom is -0.354 e. The third-order valence-corrected chi connectivity index (χ3v) is 5.20. The summed E-state index contributed by atoms with van der Waals surface area (Å²) >= 11 is 1.72. The summed E-state index contributed by atoms with van der Waals surface area (Å²) in [5, 5.41) is 1.04. The monoisotopic (exact) mass is 310 g/mol. The van der Waals surface area contributed by atoms with Gasteiger partial charge in [-0.15, -0.1) is 11.3 Å². The summed E-state index contributed by atoms with van der Waals surface area (Å²) in [5.41, 5.74) is 2.16. The molecule has 0 aliphatic carbocycles. The summed E-state index contributed by atoms with van der Waals surface area (Å²) in [6, 6.07) is 12.5. The smallest absolute Gasteiger partial charge is 0.128 e. The Morgan fingerprint density at radius 1 is 1.00 bits per heavy atom. The molecular weight excluding hydrogens is 292 g/mol. The maximum Gasteiger partial charge on any atom is 0.128 e. The molecule has 1 aliphatic rings. The van der Waals surface area contributed by atoms with E-state index >= 15 is 0 Å². The molecule has 5 heteroatoms. The summed E-state index contributed by atoms with van der Waals surface area (Å²) in [6.45, 7) is 4.29. The number of para-hydroxylation sites is 1. The average Bonchev–Trinajstić information content (AvgIpc) is 3.00. The second-order valence-corrected chi connectivity index (χ2v) is 6.71. The van der Waals surface area contributed by atoms with Gasteiger partial charge in [-0.3, -0.25) is 0 Å². The zero-order chi connectivity index (χ0) is 14.9. The van der Waals surface area contributed by atoms with E-state index < -0.39 is 0 Å². The molecule has 1 fully saturated rings. The van der Waals surface area contributed by atoms with Crippen LogP contribution >= 0.6 is 11.3 Å². The number of piperazine rings is 1. The molecular formula is C17H18N4S. The number of fused-ring (bicyclic) bond motifs is 1. The van der Waals surface area contributed by atoms with Gasteiger partial charge in [-0.25, -0.2) is 9.97 Å². The molecule has 0 saturated carbocycles. The van der Waals surface area contributed by atoms with Gasteiger partial charge in [0.1, 0.15) is 10.8 Å². The maximum absolute atomic E-state index is 4.69. The molecule has 0 amide bonds. The van der Waals surface area contributed by atoms with Crippen LogP contribution in [0.5, 0.6) is 0 Å². The highest BCUT2D eigenvalue weighted by Crippen LogP contribution is 2.30. The van der Waals surface area contributed by atoms with Crippen molar-refractivity contribution in [2.24, 2.45) is 0 Å². The van der Waals surface area contributed by atoms with Crippen molar-refractivity contribution in [1.82, 2.24) is 14.9 Å². The fraction of sp³-hybridized carbons (Fsp3) is 0.294. The Morgan fingerprint density at radius 3 is 2.55 bits per heavy atom. The number of thiazole rings is 1. The van der Waals surface area contributed by atoms with Gasteiger partial charge in [-0.2, -0.15) is 0 Å². The molecule has 1 saturated heterocycles. The summed E-state index contributed by atoms with van der Waals surface area (Å²) in [4.78, 5) is 14.0. The number of benzene rings is 1. The molecule has 1 aliphatic heterocycles. The average molecular weight is 310 g/mol. The first-order valence-electron chi connectivity index (χ1n) is 7.55. The molecule has 1 aromatic carbocycles. The van der Waals surface area contributed by atoms with E-state index in [1.54, 1.807) is 11.3 Å². The van der Waals surface area contributed by atoms with Crippen LogP contribution in [0.2, 0.25) is 0 Å². The van der Waals surface area contributed by atoms with Crippen LogP contribution in [-0.2, 0) is 0 Å². The van der Waals surface area contributed by atoms with Gasteiger partial charge in [0.2, 0.25) is 0 Å². The molecule has 112 valence electrons. The van der Waals surface area contributed by atoms with Crippen LogP contribution < -0.4 is 4.90 Å². The number of aromatic nitrogens is 2. The lowest BCUT2D eigenvalue weighted by atomic mass is 10.2. The number of nitrogens with zero attached hydrogens (tertiary/aromatic N) is 4. The molecule has 22 heavy (non-hydrogen) atoms. The third-order valence-electron chi connectivity index (χ3n) is 4.12. The Morgan fingerprint density at radius 2 is 1.82 bits per heavy atom. The Kier molecular flexibility index (Phi) is 3.52. The highest BCUT2D eigenvalue weighted by Gasteiger charge is 2.15. The number of hydrogen-bond donors (Lipinski definition) is 0. The number of likely N-dealkylation sites (N-methyl/N-ethyl adjacent to an activating group) is 1. The van der Waals surface area contributed by atoms with Gasteiger partial charge in [0.15, 0.2) is 0 Å². The third kappa shape index (κ3) is 2.58. The van der Waals surface area contributed by atoms with Gasteiger partial charge in [-0.1, -0.05) is 12.1 Å². The van der Waals surface area contributed by atoms with Crippen LogP contribution in [0.1, 0.15) is 0 Å². The molecule has 4 rings (SSSR count). The molecule has 0 spiro atoms. The van der Waals surface area contributed by atoms with Crippen molar-refractivity contribution in [2.45, 2.75) is 0 Å². The highest BCUT2D eigenvalue weighted by atomic mass is 32.1. The zero-order valence-corrected chi connectivity index (χ0v) is 13.4. The summed E-state index contributed by atoms with van der Waals surface area (Å²) in [5.74, 6) is 1.07. The second-order valence-electron chi connectivity index (χ2n) is 5.68. The summed E-state index contributed by atoms with van der Waals surface area (Å²) in [7, 11) is 2.17. The Hall–Kier alpha value is -1.98. The lowest BCUT2D eigenvalue weighted by Crippen LogP contribution is -2.44. The first-order valence-corrected chi connectivity index (χ1v) is 8.37. The zero-order valence-electron chi connectivity index (χ0n) is 12.6. The molecule has 0 atom stereocenters. The standard InChI is InChI=1S/C17H18N4S/c1-20-8-10-21(11-9-20)16-7-6-13(12-18-16)17-19-14-4-2-3-5-15(14)22-17/h2-7,12H,8-11H2,1H3. The van der Waals surface area contributed by atoms with Crippen LogP contribution in [0.15, 0.2) is 42.6 Å². The molecule has 2 aromatic heterocycles. The Bertz CT molecular complexity index is 740. The molecule has 0 bridgehead atoms. The van der Waals surface area contributed by atoms with E-state index in [0.29, 0.717) is 0 Å². The van der Waals surface area contributed by atoms with E-state index in [2.05, 4.69) is 52.2 Å². The van der Waals surface area contributed by atoms with Crippen LogP contribution in [-0.4, -0.2) is 48.1 Å². The van der Waals surface area contributed by atoms with Crippen LogP contribution in [0.25, 0.3) is 20.8 Å². The van der Waals surface area contributed by atoms with Crippen molar-refractivity contribution >= 4 is 27.4 Å². The minimum absolute atomic E-state index is 1.04. The quantitative estimate of drug-likeness (QED) is 0.728. The van der Waals surface area contributed by atoms with Crippen LogP contribution in [0.4, 0.5) is 5.82 Å². The Labute approximate surface area is 134 Å². The molecule has 0 unspecified atom stereocenters. The van der Waals surface area contributed by atoms with Crippen LogP contribution in [0, 0.1) is 0 Å². The number of rotatable bonds is 2. The first kappa shape index (κ1) is 13.7. The van der Waals surface area contributed by atoms with Crippen LogP contribution in [0.3, 0.4) is 0 Å². The van der Waals surface area contributed by atoms with E-state index in [4.69, 9.17) is 4.98 Å². The van der Waals surface area contributed by atoms with E-state index in [-0.39, 0.29) is 0 Å². The van der Waals surface area contributed by atoms with Gasteiger partial charge in [0.05, 0.1) is 10.2 Å². The van der Waals surface area contributed by atoms with E-state index in [0.717, 1.165) is 48.1 Å². The molecule has 0 radical (unpaired) electrons. The van der Waals surface area contributed by atoms with Gasteiger partial charge in [0, 0.05) is 37.9 Å². The van der Waals surface area contributed by atoms with Gasteiger partial charge < -0.3 is 9.80 Å². The lowest BCUT2D eigenvalue weighted by Gasteiger charge is -2.33. The fourth-order valence-corrected chi connectivity index (χ4v) is 3.69. The van der Waals surface area contributed by atoms with Gasteiger partial charge in [0.25, 0.3) is 0 Å². The largest absolute Gasteiger partial charge is 0.354 e. The molecule has 4 nitrogen and oxygen atoms in total. The minimum atomic E-state index is 1.04. The molecule has 0 N–H and O–H groups in total. The van der Waals surface area contributed by atoms with E-state index in [9.17, 15) is 0 Å². The van der Waals surface area contributed by atoms with Gasteiger partial charge >= 0.3 is 0 Å². The Balaban J connectivity index is 1.58. The predicted octanol–water partition coefficient (Wildman–Crippen LogP) is 3.11. The van der Waals surface area contributed by atoms with Crippen molar-refractivity contribution < 1.29 is 0 Å². The van der Waals surface area contributed by atoms with Gasteiger partial charge in [-0.05, 0) is 31.3 Å². The summed E-state index contributed by atoms with van der Waals surface area (Å²) < 4.78 is 1.22. The van der Waals surface area contributed by atoms with E-state index in [1.807, 2.05) is 12.3 Å². The summed E-state index contributed by atoms with van der Waals surface area (Å²) in [6.07, 6.45) is 1.95. The van der Waals surface area contributed by atoms with Crippen molar-refractivity contribution in [3.63, 3.8) is 0 Å². The maximum atomic E-state index is 4.69. The topological polar surface area (TPSA) is 32.3 Å². The second kappa shape index (κ2) is 5.66. The number of hydrogen-bond acceptors (Lipinski definition) is 5. The van der Waals surface area contributed by atoms with Crippen molar-refractivity contribution in [1.29, 1.82) is 0 Å². The fourth-order valence-electron chi connectivity index (χ4n) is 2.73. The first-order chi connectivity index (χ1) is 10.8. The van der Waals surface area contributed by atoms with Crippen molar-refractivity contribution in [2.75, 3.05) is 38.1 Å². The van der Waals surface area contributed by atoms with E-state index in [1.165, 1.54) is 4.70 Å². The number of anilines is 1. The SMILES string of the molecule is CN1CCN(c2ccc(-c3nc4ccccc4s3)cn2)CC1. The molecule has 3 heterocycles. The highest BCUT2D eigenvalue weighted by molar-refractivity contribution is 7.21.